The number of rotatable bonds is 4. The lowest BCUT2D eigenvalue weighted by atomic mass is 10.0. The molecule has 5 rings (SSSR count). The van der Waals surface area contributed by atoms with Crippen LogP contribution in [-0.2, 0) is 6.54 Å². The predicted octanol–water partition coefficient (Wildman–Crippen LogP) is 2.47. The molecule has 8 nitrogen and oxygen atoms in total. The quantitative estimate of drug-likeness (QED) is 0.574. The number of hydrogen-bond donors (Lipinski definition) is 1. The van der Waals surface area contributed by atoms with Gasteiger partial charge in [-0.3, -0.25) is 4.79 Å². The summed E-state index contributed by atoms with van der Waals surface area (Å²) in [5.74, 6) is 0.463. The molecule has 1 atom stereocenters. The molecule has 1 amide bonds. The number of para-hydroxylation sites is 1. The standard InChI is InChI=1S/C21H22N6O2/c1-13-15-4-2-3-5-16(15)29-19(13)21(28)26-10-6-14(12-26)17-18-20(24-9-8-23-18)27(25-17)11-7-22/h2-5,8-9,14H,6-7,10-12,22H2,1H3/t14-/m1/s1. The molecule has 1 aromatic carbocycles. The maximum absolute atomic E-state index is 13.1. The predicted molar refractivity (Wildman–Crippen MR) is 109 cm³/mol. The van der Waals surface area contributed by atoms with E-state index in [0.717, 1.165) is 39.8 Å². The molecule has 148 valence electrons. The smallest absolute Gasteiger partial charge is 0.289 e. The van der Waals surface area contributed by atoms with Gasteiger partial charge in [-0.1, -0.05) is 18.2 Å². The number of likely N-dealkylation sites (tertiary alicyclic amines) is 1. The summed E-state index contributed by atoms with van der Waals surface area (Å²) >= 11 is 0. The lowest BCUT2D eigenvalue weighted by molar-refractivity contribution is 0.0760. The number of nitrogens with two attached hydrogens (primary N) is 1. The van der Waals surface area contributed by atoms with E-state index in [-0.39, 0.29) is 11.8 Å². The summed E-state index contributed by atoms with van der Waals surface area (Å²) < 4.78 is 7.68. The molecule has 1 saturated heterocycles. The van der Waals surface area contributed by atoms with Crippen molar-refractivity contribution in [1.29, 1.82) is 0 Å². The van der Waals surface area contributed by atoms with Gasteiger partial charge < -0.3 is 15.1 Å². The number of nitrogens with zero attached hydrogens (tertiary/aromatic N) is 5. The summed E-state index contributed by atoms with van der Waals surface area (Å²) in [7, 11) is 0. The molecule has 0 aliphatic carbocycles. The molecule has 3 aromatic heterocycles. The van der Waals surface area contributed by atoms with Crippen LogP contribution < -0.4 is 5.73 Å². The molecule has 0 bridgehead atoms. The molecule has 1 fully saturated rings. The zero-order valence-electron chi connectivity index (χ0n) is 16.2. The maximum Gasteiger partial charge on any atom is 0.289 e. The van der Waals surface area contributed by atoms with E-state index in [9.17, 15) is 4.79 Å². The first-order valence-electron chi connectivity index (χ1n) is 9.82. The molecule has 0 unspecified atom stereocenters. The molecule has 4 aromatic rings. The van der Waals surface area contributed by atoms with E-state index in [2.05, 4.69) is 9.97 Å². The van der Waals surface area contributed by atoms with E-state index in [1.165, 1.54) is 0 Å². The van der Waals surface area contributed by atoms with Crippen LogP contribution in [0.3, 0.4) is 0 Å². The highest BCUT2D eigenvalue weighted by Crippen LogP contribution is 2.33. The van der Waals surface area contributed by atoms with Gasteiger partial charge in [0.2, 0.25) is 0 Å². The molecule has 4 heterocycles. The van der Waals surface area contributed by atoms with Crippen LogP contribution in [0.5, 0.6) is 0 Å². The highest BCUT2D eigenvalue weighted by atomic mass is 16.3. The fraction of sp³-hybridized carbons (Fsp3) is 0.333. The second kappa shape index (κ2) is 6.97. The number of aromatic nitrogens is 4. The van der Waals surface area contributed by atoms with Gasteiger partial charge in [-0.2, -0.15) is 5.10 Å². The molecular formula is C21H22N6O2. The van der Waals surface area contributed by atoms with Gasteiger partial charge in [0, 0.05) is 48.9 Å². The van der Waals surface area contributed by atoms with Crippen molar-refractivity contribution in [2.75, 3.05) is 19.6 Å². The number of benzene rings is 1. The summed E-state index contributed by atoms with van der Waals surface area (Å²) in [4.78, 5) is 23.9. The van der Waals surface area contributed by atoms with Gasteiger partial charge in [-0.25, -0.2) is 14.6 Å². The lowest BCUT2D eigenvalue weighted by Gasteiger charge is -2.15. The van der Waals surface area contributed by atoms with E-state index >= 15 is 0 Å². The minimum absolute atomic E-state index is 0.0713. The van der Waals surface area contributed by atoms with Gasteiger partial charge in [0.25, 0.3) is 5.91 Å². The van der Waals surface area contributed by atoms with Crippen LogP contribution in [0.1, 0.15) is 34.2 Å². The lowest BCUT2D eigenvalue weighted by Crippen LogP contribution is -2.28. The number of fused-ring (bicyclic) bond motifs is 2. The molecule has 0 radical (unpaired) electrons. The first kappa shape index (κ1) is 17.8. The Morgan fingerprint density at radius 2 is 2.10 bits per heavy atom. The Hall–Kier alpha value is -3.26. The summed E-state index contributed by atoms with van der Waals surface area (Å²) in [5.41, 5.74) is 9.76. The van der Waals surface area contributed by atoms with E-state index in [0.29, 0.717) is 31.9 Å². The van der Waals surface area contributed by atoms with Crippen LogP contribution in [0, 0.1) is 6.92 Å². The SMILES string of the molecule is Cc1c(C(=O)N2CC[C@@H](c3nn(CCN)c4nccnc34)C2)oc2ccccc12. The number of furan rings is 1. The summed E-state index contributed by atoms with van der Waals surface area (Å²) in [6.07, 6.45) is 4.17. The van der Waals surface area contributed by atoms with Crippen LogP contribution in [0.4, 0.5) is 0 Å². The van der Waals surface area contributed by atoms with Crippen molar-refractivity contribution < 1.29 is 9.21 Å². The van der Waals surface area contributed by atoms with Gasteiger partial charge in [-0.05, 0) is 19.4 Å². The van der Waals surface area contributed by atoms with Gasteiger partial charge in [-0.15, -0.1) is 0 Å². The summed E-state index contributed by atoms with van der Waals surface area (Å²) in [5, 5.41) is 5.71. The van der Waals surface area contributed by atoms with Gasteiger partial charge in [0.05, 0.1) is 12.2 Å². The molecule has 2 N–H and O–H groups in total. The number of aryl methyl sites for hydroxylation is 1. The van der Waals surface area contributed by atoms with Crippen LogP contribution in [0.2, 0.25) is 0 Å². The van der Waals surface area contributed by atoms with Crippen molar-refractivity contribution in [3.8, 4) is 0 Å². The van der Waals surface area contributed by atoms with Gasteiger partial charge >= 0.3 is 0 Å². The van der Waals surface area contributed by atoms with Gasteiger partial charge in [0.1, 0.15) is 11.1 Å². The molecule has 1 aliphatic heterocycles. The van der Waals surface area contributed by atoms with E-state index in [1.54, 1.807) is 12.4 Å². The Morgan fingerprint density at radius 1 is 1.28 bits per heavy atom. The van der Waals surface area contributed by atoms with Crippen molar-refractivity contribution in [3.63, 3.8) is 0 Å². The maximum atomic E-state index is 13.1. The van der Waals surface area contributed by atoms with Gasteiger partial charge in [0.15, 0.2) is 11.4 Å². The minimum Gasteiger partial charge on any atom is -0.451 e. The van der Waals surface area contributed by atoms with Crippen molar-refractivity contribution >= 4 is 28.0 Å². The largest absolute Gasteiger partial charge is 0.451 e. The Balaban J connectivity index is 1.43. The number of carbonyl (C=O) groups excluding carboxylic acids is 1. The van der Waals surface area contributed by atoms with Crippen molar-refractivity contribution in [2.45, 2.75) is 25.8 Å². The average molecular weight is 390 g/mol. The molecule has 29 heavy (non-hydrogen) atoms. The van der Waals surface area contributed by atoms with Crippen LogP contribution >= 0.6 is 0 Å². The Morgan fingerprint density at radius 3 is 2.93 bits per heavy atom. The van der Waals surface area contributed by atoms with Crippen LogP contribution in [0.25, 0.3) is 22.1 Å². The third-order valence-corrected chi connectivity index (χ3v) is 5.64. The Kier molecular flexibility index (Phi) is 4.28. The average Bonchev–Trinajstić information content (AvgIpc) is 3.45. The first-order valence-corrected chi connectivity index (χ1v) is 9.82. The second-order valence-electron chi connectivity index (χ2n) is 7.41. The third-order valence-electron chi connectivity index (χ3n) is 5.64. The fourth-order valence-corrected chi connectivity index (χ4v) is 4.17. The first-order chi connectivity index (χ1) is 14.2. The van der Waals surface area contributed by atoms with Crippen molar-refractivity contribution in [3.05, 3.63) is 53.7 Å². The topological polar surface area (TPSA) is 103 Å². The van der Waals surface area contributed by atoms with E-state index < -0.39 is 0 Å². The highest BCUT2D eigenvalue weighted by Gasteiger charge is 2.33. The Bertz CT molecular complexity index is 1210. The number of amides is 1. The van der Waals surface area contributed by atoms with Crippen LogP contribution in [-0.4, -0.2) is 50.2 Å². The molecule has 1 aliphatic rings. The zero-order valence-corrected chi connectivity index (χ0v) is 16.2. The number of hydrogen-bond acceptors (Lipinski definition) is 6. The minimum atomic E-state index is -0.0713. The fourth-order valence-electron chi connectivity index (χ4n) is 4.17. The summed E-state index contributed by atoms with van der Waals surface area (Å²) in [6, 6.07) is 7.73. The van der Waals surface area contributed by atoms with Crippen molar-refractivity contribution in [2.24, 2.45) is 5.73 Å². The second-order valence-corrected chi connectivity index (χ2v) is 7.41. The monoisotopic (exact) mass is 390 g/mol. The third kappa shape index (κ3) is 2.87. The van der Waals surface area contributed by atoms with Crippen molar-refractivity contribution in [1.82, 2.24) is 24.6 Å². The van der Waals surface area contributed by atoms with E-state index in [4.69, 9.17) is 15.2 Å². The highest BCUT2D eigenvalue weighted by molar-refractivity contribution is 5.99. The normalized spacial score (nSPS) is 16.9. The van der Waals surface area contributed by atoms with E-state index in [1.807, 2.05) is 40.8 Å². The molecule has 0 saturated carbocycles. The molecule has 0 spiro atoms. The Labute approximate surface area is 167 Å². The molecular weight excluding hydrogens is 368 g/mol. The number of carbonyl (C=O) groups is 1. The zero-order chi connectivity index (χ0) is 20.0. The summed E-state index contributed by atoms with van der Waals surface area (Å²) in [6.45, 7) is 4.24. The van der Waals surface area contributed by atoms with Crippen LogP contribution in [0.15, 0.2) is 41.1 Å². The molecule has 8 heteroatoms.